The van der Waals surface area contributed by atoms with Crippen LogP contribution in [-0.2, 0) is 18.9 Å². The molecule has 0 amide bonds. The third kappa shape index (κ3) is 3.53. The predicted molar refractivity (Wildman–Crippen MR) is 92.0 cm³/mol. The molecule has 2 bridgehead atoms. The molecule has 26 heavy (non-hydrogen) atoms. The van der Waals surface area contributed by atoms with Gasteiger partial charge in [-0.05, 0) is 0 Å². The molecule has 2 aliphatic rings. The van der Waals surface area contributed by atoms with Gasteiger partial charge in [0.1, 0.15) is 24.4 Å². The summed E-state index contributed by atoms with van der Waals surface area (Å²) in [6.07, 6.45) is -4.31. The van der Waals surface area contributed by atoms with E-state index in [4.69, 9.17) is 18.9 Å². The molecule has 2 aliphatic heterocycles. The van der Waals surface area contributed by atoms with Gasteiger partial charge in [-0.1, -0.05) is 60.7 Å². The van der Waals surface area contributed by atoms with Gasteiger partial charge in [0, 0.05) is 11.1 Å². The molecule has 4 rings (SSSR count). The zero-order chi connectivity index (χ0) is 17.9. The van der Waals surface area contributed by atoms with Crippen LogP contribution in [0.1, 0.15) is 23.7 Å². The maximum absolute atomic E-state index is 10.6. The van der Waals surface area contributed by atoms with Crippen molar-refractivity contribution in [3.05, 3.63) is 71.8 Å². The highest BCUT2D eigenvalue weighted by Crippen LogP contribution is 2.36. The van der Waals surface area contributed by atoms with E-state index in [0.717, 1.165) is 11.1 Å². The quantitative estimate of drug-likeness (QED) is 0.873. The topological polar surface area (TPSA) is 77.4 Å². The van der Waals surface area contributed by atoms with Crippen LogP contribution in [0.15, 0.2) is 60.7 Å². The van der Waals surface area contributed by atoms with Gasteiger partial charge >= 0.3 is 0 Å². The van der Waals surface area contributed by atoms with Crippen LogP contribution in [0.4, 0.5) is 0 Å². The van der Waals surface area contributed by atoms with Gasteiger partial charge in [0.15, 0.2) is 12.6 Å². The summed E-state index contributed by atoms with van der Waals surface area (Å²) in [5, 5.41) is 20.4. The lowest BCUT2D eigenvalue weighted by Gasteiger charge is -2.45. The van der Waals surface area contributed by atoms with Crippen LogP contribution in [0.3, 0.4) is 0 Å². The Morgan fingerprint density at radius 3 is 2.04 bits per heavy atom. The first-order valence-electron chi connectivity index (χ1n) is 8.73. The van der Waals surface area contributed by atoms with Gasteiger partial charge in [-0.3, -0.25) is 0 Å². The number of rotatable bonds is 3. The van der Waals surface area contributed by atoms with E-state index >= 15 is 0 Å². The number of benzene rings is 2. The number of hydrogen-bond donors (Lipinski definition) is 2. The fraction of sp³-hybridized carbons (Fsp3) is 0.400. The first-order valence-corrected chi connectivity index (χ1v) is 8.73. The van der Waals surface area contributed by atoms with Gasteiger partial charge in [0.25, 0.3) is 0 Å². The lowest BCUT2D eigenvalue weighted by atomic mass is 10.00. The molecule has 2 aromatic rings. The number of aliphatic hydroxyl groups is 2. The van der Waals surface area contributed by atoms with Crippen molar-refractivity contribution < 1.29 is 29.2 Å². The molecule has 6 heteroatoms. The molecule has 0 aromatic heterocycles. The van der Waals surface area contributed by atoms with Crippen LogP contribution >= 0.6 is 0 Å². The van der Waals surface area contributed by atoms with Crippen LogP contribution in [-0.4, -0.2) is 47.8 Å². The molecule has 2 saturated heterocycles. The Morgan fingerprint density at radius 2 is 1.42 bits per heavy atom. The van der Waals surface area contributed by atoms with E-state index < -0.39 is 37.0 Å². The summed E-state index contributed by atoms with van der Waals surface area (Å²) in [4.78, 5) is 0. The van der Waals surface area contributed by atoms with E-state index in [1.165, 1.54) is 0 Å². The Morgan fingerprint density at radius 1 is 0.808 bits per heavy atom. The fourth-order valence-electron chi connectivity index (χ4n) is 3.31. The lowest BCUT2D eigenvalue weighted by molar-refractivity contribution is -0.352. The maximum atomic E-state index is 10.6. The molecular weight excluding hydrogens is 336 g/mol. The summed E-state index contributed by atoms with van der Waals surface area (Å²) in [5.74, 6) is 0. The van der Waals surface area contributed by atoms with Gasteiger partial charge in [-0.25, -0.2) is 0 Å². The molecule has 2 aromatic carbocycles. The van der Waals surface area contributed by atoms with Crippen molar-refractivity contribution in [3.8, 4) is 0 Å². The SMILES string of the molecule is OC[C@H]1OC(c2ccccc2)OC[C@@H]2OC(c3ccccc3)O[C@@H]1[C@H]2O. The second kappa shape index (κ2) is 7.84. The Bertz CT molecular complexity index is 654. The molecule has 0 saturated carbocycles. The molecule has 138 valence electrons. The molecule has 6 nitrogen and oxygen atoms in total. The standard InChI is InChI=1S/C20H22O6/c21-11-15-18-17(22)16(25-20(26-18)14-9-5-2-6-10-14)12-23-19(24-15)13-7-3-1-4-8-13/h1-10,15-22H,11-12H2/t15-,16+,17+,18+,19?,20?/m1/s1. The number of hydrogen-bond acceptors (Lipinski definition) is 6. The monoisotopic (exact) mass is 358 g/mol. The van der Waals surface area contributed by atoms with E-state index in [1.807, 2.05) is 60.7 Å². The number of aliphatic hydroxyl groups excluding tert-OH is 2. The summed E-state index contributed by atoms with van der Waals surface area (Å²) >= 11 is 0. The van der Waals surface area contributed by atoms with E-state index in [9.17, 15) is 10.2 Å². The van der Waals surface area contributed by atoms with Crippen LogP contribution in [0.2, 0.25) is 0 Å². The van der Waals surface area contributed by atoms with Gasteiger partial charge in [0.05, 0.1) is 13.2 Å². The van der Waals surface area contributed by atoms with Crippen molar-refractivity contribution in [2.45, 2.75) is 37.0 Å². The molecule has 2 heterocycles. The zero-order valence-corrected chi connectivity index (χ0v) is 14.2. The smallest absolute Gasteiger partial charge is 0.184 e. The molecule has 2 fully saturated rings. The first-order chi connectivity index (χ1) is 12.8. The van der Waals surface area contributed by atoms with E-state index in [0.29, 0.717) is 0 Å². The molecule has 2 N–H and O–H groups in total. The van der Waals surface area contributed by atoms with Crippen molar-refractivity contribution in [2.75, 3.05) is 13.2 Å². The Hall–Kier alpha value is -1.80. The lowest BCUT2D eigenvalue weighted by Crippen LogP contribution is -2.57. The van der Waals surface area contributed by atoms with Crippen molar-refractivity contribution in [2.24, 2.45) is 0 Å². The second-order valence-electron chi connectivity index (χ2n) is 6.44. The highest BCUT2D eigenvalue weighted by Gasteiger charge is 2.46. The Kier molecular flexibility index (Phi) is 5.31. The third-order valence-electron chi connectivity index (χ3n) is 4.70. The highest BCUT2D eigenvalue weighted by atomic mass is 16.8. The van der Waals surface area contributed by atoms with Crippen LogP contribution in [0.25, 0.3) is 0 Å². The minimum absolute atomic E-state index is 0.155. The normalized spacial score (nSPS) is 34.7. The van der Waals surface area contributed by atoms with E-state index in [-0.39, 0.29) is 13.2 Å². The maximum Gasteiger partial charge on any atom is 0.184 e. The summed E-state index contributed by atoms with van der Waals surface area (Å²) in [5.41, 5.74) is 1.67. The molecule has 0 aliphatic carbocycles. The minimum atomic E-state index is -0.955. The van der Waals surface area contributed by atoms with Gasteiger partial charge in [0.2, 0.25) is 0 Å². The molecular formula is C20H22O6. The molecule has 0 spiro atoms. The van der Waals surface area contributed by atoms with E-state index in [1.54, 1.807) is 0 Å². The van der Waals surface area contributed by atoms with Gasteiger partial charge in [-0.2, -0.15) is 0 Å². The van der Waals surface area contributed by atoms with Crippen molar-refractivity contribution in [1.82, 2.24) is 0 Å². The molecule has 0 radical (unpaired) electrons. The van der Waals surface area contributed by atoms with E-state index in [2.05, 4.69) is 0 Å². The van der Waals surface area contributed by atoms with Crippen LogP contribution in [0, 0.1) is 0 Å². The average Bonchev–Trinajstić information content (AvgIpc) is 2.71. The minimum Gasteiger partial charge on any atom is -0.394 e. The van der Waals surface area contributed by atoms with Crippen molar-refractivity contribution >= 4 is 0 Å². The summed E-state index contributed by atoms with van der Waals surface area (Å²) in [7, 11) is 0. The highest BCUT2D eigenvalue weighted by molar-refractivity contribution is 5.18. The van der Waals surface area contributed by atoms with Crippen LogP contribution in [0.5, 0.6) is 0 Å². The van der Waals surface area contributed by atoms with Crippen LogP contribution < -0.4 is 0 Å². The largest absolute Gasteiger partial charge is 0.394 e. The summed E-state index contributed by atoms with van der Waals surface area (Å²) in [6.45, 7) is -0.148. The summed E-state index contributed by atoms with van der Waals surface area (Å²) in [6, 6.07) is 19.0. The Balaban J connectivity index is 1.59. The predicted octanol–water partition coefficient (Wildman–Crippen LogP) is 1.94. The van der Waals surface area contributed by atoms with Crippen molar-refractivity contribution in [1.29, 1.82) is 0 Å². The fourth-order valence-corrected chi connectivity index (χ4v) is 3.31. The average molecular weight is 358 g/mol. The molecule has 2 unspecified atom stereocenters. The summed E-state index contributed by atoms with van der Waals surface area (Å²) < 4.78 is 23.7. The van der Waals surface area contributed by atoms with Crippen molar-refractivity contribution in [3.63, 3.8) is 0 Å². The number of ether oxygens (including phenoxy) is 4. The first kappa shape index (κ1) is 17.6. The zero-order valence-electron chi connectivity index (χ0n) is 14.2. The number of fused-ring (bicyclic) bond motifs is 2. The Labute approximate surface area is 151 Å². The second-order valence-corrected chi connectivity index (χ2v) is 6.44. The third-order valence-corrected chi connectivity index (χ3v) is 4.70. The van der Waals surface area contributed by atoms with Gasteiger partial charge < -0.3 is 29.2 Å². The molecule has 6 atom stereocenters. The van der Waals surface area contributed by atoms with Gasteiger partial charge in [-0.15, -0.1) is 0 Å².